The third kappa shape index (κ3) is 2.21. The minimum atomic E-state index is -0.358. The van der Waals surface area contributed by atoms with Gasteiger partial charge in [-0.05, 0) is 24.1 Å². The topological polar surface area (TPSA) is 46.2 Å². The van der Waals surface area contributed by atoms with Gasteiger partial charge < -0.3 is 0 Å². The number of carbonyl (C=O) groups is 2. The zero-order chi connectivity index (χ0) is 12.6. The number of nitrogens with one attached hydrogen (secondary N) is 1. The molecule has 1 aromatic carbocycles. The number of carbonyl (C=O) groups excluding carboxylic acids is 2. The molecule has 88 valence electrons. The molecule has 1 fully saturated rings. The van der Waals surface area contributed by atoms with Gasteiger partial charge in [-0.1, -0.05) is 35.3 Å². The molecule has 0 atom stereocenters. The minimum Gasteiger partial charge on any atom is -0.292 e. The van der Waals surface area contributed by atoms with E-state index in [1.54, 1.807) is 25.1 Å². The predicted octanol–water partition coefficient (Wildman–Crippen LogP) is 2.81. The number of hydrogen-bond donors (Lipinski definition) is 1. The van der Waals surface area contributed by atoms with Crippen molar-refractivity contribution in [2.75, 3.05) is 0 Å². The molecule has 1 saturated heterocycles. The summed E-state index contributed by atoms with van der Waals surface area (Å²) >= 11 is 12.0. The molecule has 0 spiro atoms. The number of allylic oxidation sites excluding steroid dienone is 1. The first kappa shape index (κ1) is 12.1. The van der Waals surface area contributed by atoms with Crippen molar-refractivity contribution in [1.82, 2.24) is 5.32 Å². The summed E-state index contributed by atoms with van der Waals surface area (Å²) in [7, 11) is 0. The van der Waals surface area contributed by atoms with Gasteiger partial charge in [0, 0.05) is 5.57 Å². The van der Waals surface area contributed by atoms with Crippen molar-refractivity contribution in [1.29, 1.82) is 0 Å². The molecule has 5 heteroatoms. The minimum absolute atomic E-state index is 0.0908. The first-order valence-electron chi connectivity index (χ1n) is 4.99. The van der Waals surface area contributed by atoms with Crippen LogP contribution >= 0.6 is 23.2 Å². The van der Waals surface area contributed by atoms with Gasteiger partial charge in [0.05, 0.1) is 16.5 Å². The van der Waals surface area contributed by atoms with Crippen LogP contribution in [0.15, 0.2) is 23.8 Å². The second kappa shape index (κ2) is 4.51. The molecule has 2 amide bonds. The molecule has 1 heterocycles. The van der Waals surface area contributed by atoms with Crippen molar-refractivity contribution in [3.05, 3.63) is 39.4 Å². The number of halogens is 2. The average Bonchev–Trinajstić information content (AvgIpc) is 2.61. The highest BCUT2D eigenvalue weighted by Crippen LogP contribution is 2.33. The number of imide groups is 1. The van der Waals surface area contributed by atoms with E-state index in [2.05, 4.69) is 5.32 Å². The monoisotopic (exact) mass is 269 g/mol. The molecule has 1 aliphatic heterocycles. The van der Waals surface area contributed by atoms with E-state index >= 15 is 0 Å². The molecule has 1 N–H and O–H groups in total. The molecule has 0 unspecified atom stereocenters. The van der Waals surface area contributed by atoms with Crippen molar-refractivity contribution >= 4 is 40.6 Å². The zero-order valence-electron chi connectivity index (χ0n) is 9.01. The summed E-state index contributed by atoms with van der Waals surface area (Å²) in [5.41, 5.74) is 1.80. The lowest BCUT2D eigenvalue weighted by Crippen LogP contribution is -2.19. The Kier molecular flexibility index (Phi) is 3.22. The fraction of sp³-hybridized carbons (Fsp3) is 0.167. The van der Waals surface area contributed by atoms with E-state index in [-0.39, 0.29) is 18.2 Å². The lowest BCUT2D eigenvalue weighted by atomic mass is 10.0. The van der Waals surface area contributed by atoms with E-state index in [1.165, 1.54) is 0 Å². The Bertz CT molecular complexity index is 549. The van der Waals surface area contributed by atoms with Gasteiger partial charge in [-0.25, -0.2) is 0 Å². The van der Waals surface area contributed by atoms with Crippen LogP contribution in [0, 0.1) is 0 Å². The van der Waals surface area contributed by atoms with Crippen LogP contribution in [0.4, 0.5) is 0 Å². The molecule has 1 aromatic rings. The van der Waals surface area contributed by atoms with Crippen LogP contribution in [0.25, 0.3) is 5.57 Å². The number of rotatable bonds is 1. The Labute approximate surface area is 108 Å². The maximum Gasteiger partial charge on any atom is 0.254 e. The zero-order valence-corrected chi connectivity index (χ0v) is 10.5. The molecule has 3 nitrogen and oxygen atoms in total. The lowest BCUT2D eigenvalue weighted by Gasteiger charge is -2.07. The summed E-state index contributed by atoms with van der Waals surface area (Å²) in [6.07, 6.45) is 0.0908. The van der Waals surface area contributed by atoms with Crippen molar-refractivity contribution in [2.24, 2.45) is 0 Å². The maximum absolute atomic E-state index is 11.5. The highest BCUT2D eigenvalue weighted by atomic mass is 35.5. The van der Waals surface area contributed by atoms with Gasteiger partial charge >= 0.3 is 0 Å². The number of hydrogen-bond acceptors (Lipinski definition) is 2. The van der Waals surface area contributed by atoms with E-state index in [9.17, 15) is 9.59 Å². The Morgan fingerprint density at radius 1 is 1.29 bits per heavy atom. The fourth-order valence-corrected chi connectivity index (χ4v) is 2.19. The van der Waals surface area contributed by atoms with Crippen molar-refractivity contribution in [2.45, 2.75) is 13.3 Å². The van der Waals surface area contributed by atoms with Crippen LogP contribution in [0.3, 0.4) is 0 Å². The summed E-state index contributed by atoms with van der Waals surface area (Å²) in [4.78, 5) is 22.7. The quantitative estimate of drug-likeness (QED) is 0.630. The van der Waals surface area contributed by atoms with Crippen LogP contribution in [0.2, 0.25) is 10.0 Å². The molecule has 0 aliphatic carbocycles. The van der Waals surface area contributed by atoms with Crippen LogP contribution in [-0.4, -0.2) is 11.8 Å². The van der Waals surface area contributed by atoms with E-state index in [1.807, 2.05) is 0 Å². The van der Waals surface area contributed by atoms with Crippen LogP contribution in [0.1, 0.15) is 18.9 Å². The first-order chi connectivity index (χ1) is 8.00. The highest BCUT2D eigenvalue weighted by molar-refractivity contribution is 6.43. The normalized spacial score (nSPS) is 18.3. The largest absolute Gasteiger partial charge is 0.292 e. The molecule has 0 saturated carbocycles. The van der Waals surface area contributed by atoms with Crippen molar-refractivity contribution in [3.8, 4) is 0 Å². The third-order valence-corrected chi connectivity index (χ3v) is 3.49. The van der Waals surface area contributed by atoms with Crippen LogP contribution in [-0.2, 0) is 9.59 Å². The van der Waals surface area contributed by atoms with Gasteiger partial charge in [-0.15, -0.1) is 0 Å². The molecule has 0 bridgehead atoms. The molecular weight excluding hydrogens is 261 g/mol. The van der Waals surface area contributed by atoms with Crippen molar-refractivity contribution in [3.63, 3.8) is 0 Å². The molecule has 2 rings (SSSR count). The summed E-state index contributed by atoms with van der Waals surface area (Å²) in [5.74, 6) is -0.647. The second-order valence-corrected chi connectivity index (χ2v) is 4.54. The number of amides is 2. The van der Waals surface area contributed by atoms with E-state index in [0.29, 0.717) is 26.8 Å². The summed E-state index contributed by atoms with van der Waals surface area (Å²) in [5, 5.41) is 3.06. The van der Waals surface area contributed by atoms with Gasteiger partial charge in [0.15, 0.2) is 0 Å². The summed E-state index contributed by atoms with van der Waals surface area (Å²) in [6, 6.07) is 5.19. The molecule has 1 aliphatic rings. The van der Waals surface area contributed by atoms with Crippen LogP contribution < -0.4 is 5.32 Å². The van der Waals surface area contributed by atoms with E-state index < -0.39 is 0 Å². The Morgan fingerprint density at radius 3 is 2.59 bits per heavy atom. The molecule has 17 heavy (non-hydrogen) atoms. The van der Waals surface area contributed by atoms with Gasteiger partial charge in [-0.3, -0.25) is 14.9 Å². The molecule has 0 aromatic heterocycles. The first-order valence-corrected chi connectivity index (χ1v) is 5.74. The van der Waals surface area contributed by atoms with Gasteiger partial charge in [0.2, 0.25) is 5.91 Å². The lowest BCUT2D eigenvalue weighted by molar-refractivity contribution is -0.124. The van der Waals surface area contributed by atoms with Crippen molar-refractivity contribution < 1.29 is 9.59 Å². The van der Waals surface area contributed by atoms with E-state index in [4.69, 9.17) is 23.2 Å². The fourth-order valence-electron chi connectivity index (χ4n) is 1.75. The van der Waals surface area contributed by atoms with Gasteiger partial charge in [-0.2, -0.15) is 0 Å². The second-order valence-electron chi connectivity index (χ2n) is 3.76. The summed E-state index contributed by atoms with van der Waals surface area (Å²) < 4.78 is 0. The van der Waals surface area contributed by atoms with Gasteiger partial charge in [0.25, 0.3) is 5.91 Å². The third-order valence-electron chi connectivity index (χ3n) is 2.67. The molecular formula is C12H9Cl2NO2. The van der Waals surface area contributed by atoms with Crippen LogP contribution in [0.5, 0.6) is 0 Å². The maximum atomic E-state index is 11.5. The Morgan fingerprint density at radius 2 is 2.00 bits per heavy atom. The number of benzene rings is 1. The van der Waals surface area contributed by atoms with Gasteiger partial charge in [0.1, 0.15) is 0 Å². The highest BCUT2D eigenvalue weighted by Gasteiger charge is 2.26. The van der Waals surface area contributed by atoms with E-state index in [0.717, 1.165) is 0 Å². The predicted molar refractivity (Wildman–Crippen MR) is 66.8 cm³/mol. The Hall–Kier alpha value is -1.32. The average molecular weight is 270 g/mol. The smallest absolute Gasteiger partial charge is 0.254 e. The molecule has 0 radical (unpaired) electrons. The summed E-state index contributed by atoms with van der Waals surface area (Å²) in [6.45, 7) is 1.76. The Balaban J connectivity index is 2.54. The standard InChI is InChI=1S/C12H9Cl2NO2/c1-6(8-5-10(16)15-12(8)17)7-3-2-4-9(13)11(7)14/h2-4H,5H2,1H3,(H,15,16,17)/b8-6+. The SMILES string of the molecule is C/C(=C1/CC(=O)NC1=O)c1cccc(Cl)c1Cl.